The minimum absolute atomic E-state index is 0.0679. The van der Waals surface area contributed by atoms with Crippen molar-refractivity contribution in [1.29, 1.82) is 0 Å². The monoisotopic (exact) mass is 404 g/mol. The van der Waals surface area contributed by atoms with E-state index in [1.807, 2.05) is 31.2 Å². The molecule has 1 N–H and O–H groups in total. The number of oxazole rings is 1. The molecule has 2 atom stereocenters. The van der Waals surface area contributed by atoms with Crippen molar-refractivity contribution in [3.63, 3.8) is 0 Å². The van der Waals surface area contributed by atoms with Crippen LogP contribution in [0.1, 0.15) is 49.6 Å². The molecule has 28 heavy (non-hydrogen) atoms. The van der Waals surface area contributed by atoms with Crippen molar-refractivity contribution in [2.24, 2.45) is 5.92 Å². The van der Waals surface area contributed by atoms with Crippen LogP contribution in [0, 0.1) is 19.8 Å². The van der Waals surface area contributed by atoms with Crippen LogP contribution in [0.5, 0.6) is 0 Å². The number of nitrogens with one attached hydrogen (secondary N) is 1. The van der Waals surface area contributed by atoms with Gasteiger partial charge in [-0.15, -0.1) is 0 Å². The van der Waals surface area contributed by atoms with E-state index in [-0.39, 0.29) is 11.8 Å². The molecule has 0 unspecified atom stereocenters. The Labute approximate surface area is 166 Å². The largest absolute Gasteiger partial charge is 0.441 e. The van der Waals surface area contributed by atoms with Gasteiger partial charge in [0.05, 0.1) is 11.4 Å². The van der Waals surface area contributed by atoms with Crippen molar-refractivity contribution in [2.75, 3.05) is 5.75 Å². The minimum atomic E-state index is -3.63. The van der Waals surface area contributed by atoms with E-state index in [1.165, 1.54) is 6.42 Å². The van der Waals surface area contributed by atoms with E-state index in [1.54, 1.807) is 6.92 Å². The highest BCUT2D eigenvalue weighted by Gasteiger charge is 2.26. The van der Waals surface area contributed by atoms with Gasteiger partial charge in [-0.25, -0.2) is 13.4 Å². The summed E-state index contributed by atoms with van der Waals surface area (Å²) in [5.41, 5.74) is 2.27. The molecule has 1 saturated carbocycles. The molecule has 7 heteroatoms. The number of hydrogen-bond acceptors (Lipinski definition) is 5. The van der Waals surface area contributed by atoms with Crippen LogP contribution in [0.4, 0.5) is 0 Å². The number of nitrogens with zero attached hydrogens (tertiary/aromatic N) is 1. The Morgan fingerprint density at radius 1 is 1.18 bits per heavy atom. The number of hydrogen-bond donors (Lipinski definition) is 1. The molecule has 1 fully saturated rings. The lowest BCUT2D eigenvalue weighted by atomic mass is 9.86. The van der Waals surface area contributed by atoms with E-state index in [9.17, 15) is 13.2 Å². The van der Waals surface area contributed by atoms with E-state index in [4.69, 9.17) is 4.42 Å². The molecular formula is C21H28N2O4S. The molecule has 0 bridgehead atoms. The fraction of sp³-hybridized carbons (Fsp3) is 0.524. The Bertz CT molecular complexity index is 932. The summed E-state index contributed by atoms with van der Waals surface area (Å²) in [6, 6.07) is 7.73. The molecule has 6 nitrogen and oxygen atoms in total. The molecule has 1 amide bonds. The third-order valence-corrected chi connectivity index (χ3v) is 6.77. The average molecular weight is 405 g/mol. The molecule has 1 aliphatic carbocycles. The third kappa shape index (κ3) is 5.22. The zero-order valence-corrected chi connectivity index (χ0v) is 17.5. The molecule has 152 valence electrons. The highest BCUT2D eigenvalue weighted by atomic mass is 32.2. The third-order valence-electron chi connectivity index (χ3n) is 5.36. The number of carbonyl (C=O) groups is 1. The second kappa shape index (κ2) is 8.47. The quantitative estimate of drug-likeness (QED) is 0.795. The summed E-state index contributed by atoms with van der Waals surface area (Å²) >= 11 is 0. The highest BCUT2D eigenvalue weighted by Crippen LogP contribution is 2.25. The Balaban J connectivity index is 1.65. The molecule has 0 saturated heterocycles. The lowest BCUT2D eigenvalue weighted by Gasteiger charge is -2.29. The number of carbonyl (C=O) groups excluding carboxylic acids is 1. The summed E-state index contributed by atoms with van der Waals surface area (Å²) in [6.07, 6.45) is 4.22. The van der Waals surface area contributed by atoms with Crippen LogP contribution in [0.25, 0.3) is 11.5 Å². The van der Waals surface area contributed by atoms with Gasteiger partial charge in [-0.1, -0.05) is 37.5 Å². The highest BCUT2D eigenvalue weighted by molar-refractivity contribution is 7.91. The predicted octanol–water partition coefficient (Wildman–Crippen LogP) is 3.57. The van der Waals surface area contributed by atoms with Crippen molar-refractivity contribution in [1.82, 2.24) is 10.3 Å². The second-order valence-electron chi connectivity index (χ2n) is 7.86. The van der Waals surface area contributed by atoms with Gasteiger partial charge in [-0.05, 0) is 44.7 Å². The number of aromatic nitrogens is 1. The fourth-order valence-corrected chi connectivity index (χ4v) is 4.89. The first kappa shape index (κ1) is 20.6. The molecule has 2 aromatic rings. The van der Waals surface area contributed by atoms with Gasteiger partial charge in [0.25, 0.3) is 0 Å². The Morgan fingerprint density at radius 2 is 1.86 bits per heavy atom. The second-order valence-corrected chi connectivity index (χ2v) is 9.92. The molecule has 0 spiro atoms. The van der Waals surface area contributed by atoms with Gasteiger partial charge in [0, 0.05) is 11.6 Å². The van der Waals surface area contributed by atoms with E-state index < -0.39 is 21.5 Å². The fourth-order valence-electron chi connectivity index (χ4n) is 3.62. The van der Waals surface area contributed by atoms with Gasteiger partial charge < -0.3 is 9.73 Å². The Hall–Kier alpha value is -2.15. The molecule has 0 aliphatic heterocycles. The number of benzene rings is 1. The summed E-state index contributed by atoms with van der Waals surface area (Å²) in [5, 5.41) is 2.90. The number of amides is 1. The Morgan fingerprint density at radius 3 is 2.54 bits per heavy atom. The van der Waals surface area contributed by atoms with Crippen molar-refractivity contribution >= 4 is 15.7 Å². The van der Waals surface area contributed by atoms with Crippen LogP contribution in [-0.4, -0.2) is 31.1 Å². The van der Waals surface area contributed by atoms with Gasteiger partial charge >= 0.3 is 0 Å². The van der Waals surface area contributed by atoms with E-state index in [2.05, 4.69) is 17.2 Å². The van der Waals surface area contributed by atoms with Crippen LogP contribution >= 0.6 is 0 Å². The Kier molecular flexibility index (Phi) is 6.23. The van der Waals surface area contributed by atoms with Gasteiger partial charge in [0.2, 0.25) is 11.8 Å². The lowest BCUT2D eigenvalue weighted by molar-refractivity contribution is -0.119. The lowest BCUT2D eigenvalue weighted by Crippen LogP contribution is -2.43. The normalized spacial score (nSPS) is 20.1. The molecule has 3 rings (SSSR count). The van der Waals surface area contributed by atoms with E-state index >= 15 is 0 Å². The first-order chi connectivity index (χ1) is 13.2. The average Bonchev–Trinajstić information content (AvgIpc) is 2.97. The standard InChI is InChI=1S/C21H28N2O4S/c1-14-8-10-17(11-9-14)21-23-19(16(3)27-21)12-28(25,26)13-20(24)22-18-7-5-4-6-15(18)2/h8-11,15,18H,4-7,12-13H2,1-3H3,(H,22,24)/t15-,18+/m1/s1. The van der Waals surface area contributed by atoms with E-state index in [0.717, 1.165) is 30.4 Å². The minimum Gasteiger partial charge on any atom is -0.441 e. The van der Waals surface area contributed by atoms with Crippen LogP contribution in [0.2, 0.25) is 0 Å². The van der Waals surface area contributed by atoms with Gasteiger partial charge in [-0.3, -0.25) is 4.79 Å². The molecule has 1 aliphatic rings. The van der Waals surface area contributed by atoms with Crippen LogP contribution in [-0.2, 0) is 20.4 Å². The maximum absolute atomic E-state index is 12.5. The van der Waals surface area contributed by atoms with Crippen LogP contribution in [0.3, 0.4) is 0 Å². The zero-order chi connectivity index (χ0) is 20.3. The number of sulfone groups is 1. The maximum atomic E-state index is 12.5. The summed E-state index contributed by atoms with van der Waals surface area (Å²) < 4.78 is 30.7. The van der Waals surface area contributed by atoms with Crippen LogP contribution in [0.15, 0.2) is 28.7 Å². The van der Waals surface area contributed by atoms with Gasteiger partial charge in [0.1, 0.15) is 11.5 Å². The molecule has 1 aromatic carbocycles. The van der Waals surface area contributed by atoms with E-state index in [0.29, 0.717) is 23.3 Å². The first-order valence-corrected chi connectivity index (χ1v) is 11.6. The van der Waals surface area contributed by atoms with Crippen LogP contribution < -0.4 is 5.32 Å². The van der Waals surface area contributed by atoms with Gasteiger partial charge in [-0.2, -0.15) is 0 Å². The topological polar surface area (TPSA) is 89.3 Å². The van der Waals surface area contributed by atoms with Gasteiger partial charge in [0.15, 0.2) is 9.84 Å². The smallest absolute Gasteiger partial charge is 0.235 e. The van der Waals surface area contributed by atoms with Crippen molar-refractivity contribution in [2.45, 2.75) is 58.2 Å². The number of aryl methyl sites for hydroxylation is 2. The SMILES string of the molecule is Cc1ccc(-c2nc(CS(=O)(=O)CC(=O)N[C@H]3CCCC[C@H]3C)c(C)o2)cc1. The number of rotatable bonds is 6. The summed E-state index contributed by atoms with van der Waals surface area (Å²) in [4.78, 5) is 16.6. The summed E-state index contributed by atoms with van der Waals surface area (Å²) in [5.74, 6) is -0.0259. The summed E-state index contributed by atoms with van der Waals surface area (Å²) in [7, 11) is -3.63. The predicted molar refractivity (Wildman–Crippen MR) is 108 cm³/mol. The zero-order valence-electron chi connectivity index (χ0n) is 16.7. The van der Waals surface area contributed by atoms with Crippen molar-refractivity contribution < 1.29 is 17.6 Å². The molecule has 1 aromatic heterocycles. The first-order valence-electron chi connectivity index (χ1n) is 9.76. The van der Waals surface area contributed by atoms with Crippen molar-refractivity contribution in [3.8, 4) is 11.5 Å². The summed E-state index contributed by atoms with van der Waals surface area (Å²) in [6.45, 7) is 5.78. The molecule has 1 heterocycles. The van der Waals surface area contributed by atoms with Crippen molar-refractivity contribution in [3.05, 3.63) is 41.3 Å². The molecular weight excluding hydrogens is 376 g/mol. The molecule has 0 radical (unpaired) electrons. The maximum Gasteiger partial charge on any atom is 0.235 e.